The second-order valence-electron chi connectivity index (χ2n) is 6.18. The van der Waals surface area contributed by atoms with Crippen LogP contribution in [0.1, 0.15) is 25.8 Å². The maximum Gasteiger partial charge on any atom is 0.191 e. The molecule has 0 aliphatic heterocycles. The number of benzene rings is 1. The third-order valence-electron chi connectivity index (χ3n) is 3.84. The summed E-state index contributed by atoms with van der Waals surface area (Å²) in [7, 11) is 1.75. The monoisotopic (exact) mass is 401 g/mol. The van der Waals surface area contributed by atoms with Crippen LogP contribution in [0, 0.1) is 0 Å². The number of hydrogen-bond acceptors (Lipinski definition) is 6. The maximum absolute atomic E-state index is 11.3. The van der Waals surface area contributed by atoms with Crippen molar-refractivity contribution in [2.24, 2.45) is 4.99 Å². The molecule has 1 atom stereocenters. The van der Waals surface area contributed by atoms with Crippen molar-refractivity contribution in [1.29, 1.82) is 0 Å². The van der Waals surface area contributed by atoms with Gasteiger partial charge in [0, 0.05) is 30.5 Å². The molecule has 0 radical (unpaired) electrons. The van der Waals surface area contributed by atoms with Crippen molar-refractivity contribution in [3.8, 4) is 17.2 Å². The van der Waals surface area contributed by atoms with Gasteiger partial charge in [-0.2, -0.15) is 0 Å². The molecule has 27 heavy (non-hydrogen) atoms. The molecule has 0 amide bonds. The lowest BCUT2D eigenvalue weighted by Gasteiger charge is -2.18. The van der Waals surface area contributed by atoms with E-state index in [0.717, 1.165) is 5.56 Å². The van der Waals surface area contributed by atoms with E-state index in [4.69, 9.17) is 14.2 Å². The smallest absolute Gasteiger partial charge is 0.191 e. The van der Waals surface area contributed by atoms with E-state index >= 15 is 0 Å². The van der Waals surface area contributed by atoms with Gasteiger partial charge in [0.15, 0.2) is 17.5 Å². The Hall–Kier alpha value is -2.16. The minimum Gasteiger partial charge on any atom is -0.496 e. The van der Waals surface area contributed by atoms with Gasteiger partial charge in [0.25, 0.3) is 0 Å². The molecule has 0 fully saturated rings. The van der Waals surface area contributed by atoms with Gasteiger partial charge in [-0.25, -0.2) is 13.4 Å². The molecule has 0 aliphatic carbocycles. The zero-order valence-corrected chi connectivity index (χ0v) is 17.8. The summed E-state index contributed by atoms with van der Waals surface area (Å²) in [5.41, 5.74) is 0.844. The average Bonchev–Trinajstić information content (AvgIpc) is 2.63. The number of rotatable bonds is 10. The number of aliphatic imine (C=N–C) groups is 1. The Morgan fingerprint density at radius 2 is 1.70 bits per heavy atom. The highest BCUT2D eigenvalue weighted by molar-refractivity contribution is 7.90. The standard InChI is InChI=1S/C18H31N3O5S/c1-7-19-18(21-13(2)8-9-27(6,22)23)20-12-14-10-16(25-4)17(26-5)11-15(14)24-3/h10-11,13H,7-9,12H2,1-6H3,(H2,19,20,21). The minimum absolute atomic E-state index is 0.0372. The van der Waals surface area contributed by atoms with Crippen molar-refractivity contribution in [1.82, 2.24) is 10.6 Å². The molecular formula is C18H31N3O5S. The van der Waals surface area contributed by atoms with Gasteiger partial charge in [-0.15, -0.1) is 0 Å². The number of methoxy groups -OCH3 is 3. The van der Waals surface area contributed by atoms with Crippen LogP contribution in [0.5, 0.6) is 17.2 Å². The Morgan fingerprint density at radius 3 is 2.22 bits per heavy atom. The van der Waals surface area contributed by atoms with E-state index in [1.807, 2.05) is 19.9 Å². The molecule has 0 aromatic heterocycles. The maximum atomic E-state index is 11.3. The number of sulfone groups is 1. The number of nitrogens with zero attached hydrogens (tertiary/aromatic N) is 1. The van der Waals surface area contributed by atoms with E-state index in [-0.39, 0.29) is 11.8 Å². The molecule has 1 unspecified atom stereocenters. The molecule has 0 saturated carbocycles. The fraction of sp³-hybridized carbons (Fsp3) is 0.611. The fourth-order valence-electron chi connectivity index (χ4n) is 2.40. The highest BCUT2D eigenvalue weighted by Gasteiger charge is 2.13. The fourth-order valence-corrected chi connectivity index (χ4v) is 3.18. The summed E-state index contributed by atoms with van der Waals surface area (Å²) in [5, 5.41) is 6.39. The lowest BCUT2D eigenvalue weighted by atomic mass is 10.1. The largest absolute Gasteiger partial charge is 0.496 e. The van der Waals surface area contributed by atoms with E-state index in [2.05, 4.69) is 15.6 Å². The van der Waals surface area contributed by atoms with Crippen LogP contribution in [0.3, 0.4) is 0 Å². The first-order chi connectivity index (χ1) is 12.7. The first kappa shape index (κ1) is 22.9. The zero-order valence-electron chi connectivity index (χ0n) is 17.0. The Labute approximate surface area is 162 Å². The van der Waals surface area contributed by atoms with Crippen LogP contribution >= 0.6 is 0 Å². The first-order valence-corrected chi connectivity index (χ1v) is 10.8. The molecule has 0 saturated heterocycles. The van der Waals surface area contributed by atoms with Crippen molar-refractivity contribution < 1.29 is 22.6 Å². The van der Waals surface area contributed by atoms with Gasteiger partial charge in [-0.3, -0.25) is 0 Å². The minimum atomic E-state index is -2.99. The van der Waals surface area contributed by atoms with E-state index in [1.165, 1.54) is 6.26 Å². The number of nitrogens with one attached hydrogen (secondary N) is 2. The number of ether oxygens (including phenoxy) is 3. The highest BCUT2D eigenvalue weighted by atomic mass is 32.2. The molecule has 0 bridgehead atoms. The Morgan fingerprint density at radius 1 is 1.11 bits per heavy atom. The van der Waals surface area contributed by atoms with Crippen LogP contribution in [0.2, 0.25) is 0 Å². The number of hydrogen-bond donors (Lipinski definition) is 2. The second-order valence-corrected chi connectivity index (χ2v) is 8.44. The van der Waals surface area contributed by atoms with Crippen molar-refractivity contribution in [3.05, 3.63) is 17.7 Å². The van der Waals surface area contributed by atoms with Crippen LogP contribution in [0.15, 0.2) is 17.1 Å². The zero-order chi connectivity index (χ0) is 20.4. The molecule has 0 spiro atoms. The third-order valence-corrected chi connectivity index (χ3v) is 4.82. The second kappa shape index (κ2) is 10.9. The average molecular weight is 402 g/mol. The topological polar surface area (TPSA) is 98.2 Å². The molecule has 0 heterocycles. The van der Waals surface area contributed by atoms with Crippen LogP contribution in [-0.2, 0) is 16.4 Å². The van der Waals surface area contributed by atoms with Crippen molar-refractivity contribution in [2.45, 2.75) is 32.9 Å². The molecule has 1 aromatic rings. The lowest BCUT2D eigenvalue weighted by molar-refractivity contribution is 0.347. The Kier molecular flexibility index (Phi) is 9.20. The van der Waals surface area contributed by atoms with Crippen molar-refractivity contribution in [3.63, 3.8) is 0 Å². The summed E-state index contributed by atoms with van der Waals surface area (Å²) in [6, 6.07) is 3.56. The van der Waals surface area contributed by atoms with Crippen LogP contribution in [0.25, 0.3) is 0 Å². The summed E-state index contributed by atoms with van der Waals surface area (Å²) in [6.45, 7) is 4.94. The summed E-state index contributed by atoms with van der Waals surface area (Å²) < 4.78 is 38.7. The quantitative estimate of drug-likeness (QED) is 0.454. The highest BCUT2D eigenvalue weighted by Crippen LogP contribution is 2.34. The normalized spacial score (nSPS) is 13.0. The van der Waals surface area contributed by atoms with E-state index in [9.17, 15) is 8.42 Å². The number of guanidine groups is 1. The molecular weight excluding hydrogens is 370 g/mol. The van der Waals surface area contributed by atoms with Gasteiger partial charge in [0.05, 0.1) is 33.6 Å². The van der Waals surface area contributed by atoms with E-state index in [0.29, 0.717) is 42.7 Å². The Bertz CT molecular complexity index is 735. The molecule has 1 aromatic carbocycles. The van der Waals surface area contributed by atoms with Gasteiger partial charge in [-0.05, 0) is 26.3 Å². The van der Waals surface area contributed by atoms with Gasteiger partial charge in [0.1, 0.15) is 15.6 Å². The summed E-state index contributed by atoms with van der Waals surface area (Å²) in [5.74, 6) is 2.57. The molecule has 154 valence electrons. The van der Waals surface area contributed by atoms with Crippen LogP contribution < -0.4 is 24.8 Å². The first-order valence-electron chi connectivity index (χ1n) is 8.75. The van der Waals surface area contributed by atoms with Gasteiger partial charge in [-0.1, -0.05) is 0 Å². The molecule has 8 nitrogen and oxygen atoms in total. The van der Waals surface area contributed by atoms with Crippen molar-refractivity contribution >= 4 is 15.8 Å². The Balaban J connectivity index is 2.94. The van der Waals surface area contributed by atoms with E-state index < -0.39 is 9.84 Å². The third kappa shape index (κ3) is 7.94. The van der Waals surface area contributed by atoms with Gasteiger partial charge >= 0.3 is 0 Å². The van der Waals surface area contributed by atoms with Gasteiger partial charge in [0.2, 0.25) is 0 Å². The van der Waals surface area contributed by atoms with Gasteiger partial charge < -0.3 is 24.8 Å². The molecule has 9 heteroatoms. The predicted molar refractivity (Wildman–Crippen MR) is 108 cm³/mol. The van der Waals surface area contributed by atoms with Crippen molar-refractivity contribution in [2.75, 3.05) is 39.9 Å². The summed E-state index contributed by atoms with van der Waals surface area (Å²) in [6.07, 6.45) is 1.74. The van der Waals surface area contributed by atoms with Crippen LogP contribution in [0.4, 0.5) is 0 Å². The molecule has 1 rings (SSSR count). The summed E-state index contributed by atoms with van der Waals surface area (Å²) >= 11 is 0. The predicted octanol–water partition coefficient (Wildman–Crippen LogP) is 1.59. The summed E-state index contributed by atoms with van der Waals surface area (Å²) in [4.78, 5) is 4.58. The SMILES string of the molecule is CCNC(=NCc1cc(OC)c(OC)cc1OC)NC(C)CCS(C)(=O)=O. The van der Waals surface area contributed by atoms with Crippen LogP contribution in [-0.4, -0.2) is 60.3 Å². The van der Waals surface area contributed by atoms with E-state index in [1.54, 1.807) is 27.4 Å². The molecule has 2 N–H and O–H groups in total. The molecule has 0 aliphatic rings. The lowest BCUT2D eigenvalue weighted by Crippen LogP contribution is -2.42.